The summed E-state index contributed by atoms with van der Waals surface area (Å²) in [6.07, 6.45) is -12.6. The number of halogens is 1. The van der Waals surface area contributed by atoms with E-state index < -0.39 is 112 Å². The van der Waals surface area contributed by atoms with Gasteiger partial charge in [-0.15, -0.1) is 16.7 Å². The Kier molecular flexibility index (Phi) is 13.0. The summed E-state index contributed by atoms with van der Waals surface area (Å²) in [7, 11) is -5.59. The summed E-state index contributed by atoms with van der Waals surface area (Å²) in [4.78, 5) is 51.5. The van der Waals surface area contributed by atoms with Gasteiger partial charge in [-0.25, -0.2) is 23.4 Å². The molecule has 1 unspecified atom stereocenters. The number of nitrogens with zero attached hydrogens (tertiary/aromatic N) is 5. The van der Waals surface area contributed by atoms with Gasteiger partial charge in [0, 0.05) is 24.7 Å². The van der Waals surface area contributed by atoms with Gasteiger partial charge in [0.25, 0.3) is 5.79 Å². The van der Waals surface area contributed by atoms with Gasteiger partial charge < -0.3 is 61.2 Å². The quantitative estimate of drug-likeness (QED) is 0.0567. The molecule has 0 radical (unpaired) electrons. The topological polar surface area (TPSA) is 354 Å². The highest BCUT2D eigenvalue weighted by molar-refractivity contribution is 7.47. The fraction of sp³-hybridized carbons (Fsp3) is 0.680. The number of aliphatic carboxylic acids is 1. The monoisotopic (exact) mass is 757 g/mol. The fourth-order valence-corrected chi connectivity index (χ4v) is 6.33. The zero-order valence-electron chi connectivity index (χ0n) is 25.9. The maximum absolute atomic E-state index is 13.0. The van der Waals surface area contributed by atoms with Crippen LogP contribution >= 0.6 is 19.4 Å². The predicted molar refractivity (Wildman–Crippen MR) is 162 cm³/mol. The van der Waals surface area contributed by atoms with Gasteiger partial charge in [-0.1, -0.05) is 5.21 Å². The van der Waals surface area contributed by atoms with Crippen molar-refractivity contribution in [1.82, 2.24) is 29.9 Å². The average molecular weight is 758 g/mol. The van der Waals surface area contributed by atoms with Crippen molar-refractivity contribution in [2.45, 2.75) is 86.6 Å². The van der Waals surface area contributed by atoms with Gasteiger partial charge in [-0.3, -0.25) is 13.9 Å². The van der Waals surface area contributed by atoms with Crippen LogP contribution < -0.4 is 16.7 Å². The highest BCUT2D eigenvalue weighted by atomic mass is 35.5. The minimum Gasteiger partial charge on any atom is -0.477 e. The van der Waals surface area contributed by atoms with E-state index in [-0.39, 0.29) is 5.82 Å². The van der Waals surface area contributed by atoms with E-state index in [4.69, 9.17) is 35.9 Å². The average Bonchev–Trinajstić information content (AvgIpc) is 3.61. The van der Waals surface area contributed by atoms with Gasteiger partial charge in [-0.05, 0) is 18.9 Å². The van der Waals surface area contributed by atoms with Crippen LogP contribution in [0, 0.1) is 0 Å². The molecule has 0 bridgehead atoms. The predicted octanol–water partition coefficient (Wildman–Crippen LogP) is -4.83. The largest absolute Gasteiger partial charge is 0.477 e. The Morgan fingerprint density at radius 1 is 1.26 bits per heavy atom. The van der Waals surface area contributed by atoms with E-state index in [1.807, 2.05) is 0 Å². The number of nitrogens with one attached hydrogen (secondary N) is 1. The standard InChI is InChI=1S/C25H37ClN7O16P/c26-4-1-2-11-7-32(31-30-11)8-16(37)29-17-12(35)6-25(23(41)42,48-21(17)18(38)13(36)9-34)49-50(44,45)46-10-14-19(39)20(40)22(47-14)33-5-3-15(27)28-24(33)43/h3,5,7,12-14,17-22,34-36,38-40H,1-2,4,6,8-10H2,(H,29,37)(H,41,42)(H,44,45)(H2,27,28,43)/t12-,13+,14+,17+,18+,19+,20+,21+,22+,25+/m0/s1. The summed E-state index contributed by atoms with van der Waals surface area (Å²) >= 11 is 5.67. The molecule has 2 saturated heterocycles. The number of carbonyl (C=O) groups excluding carboxylic acids is 1. The first-order valence-electron chi connectivity index (χ1n) is 14.9. The molecule has 2 aliphatic rings. The molecule has 23 nitrogen and oxygen atoms in total. The first-order valence-corrected chi connectivity index (χ1v) is 16.9. The van der Waals surface area contributed by atoms with Gasteiger partial charge >= 0.3 is 19.5 Å². The van der Waals surface area contributed by atoms with Crippen molar-refractivity contribution < 1.29 is 73.3 Å². The van der Waals surface area contributed by atoms with Crippen LogP contribution in [0.5, 0.6) is 0 Å². The van der Waals surface area contributed by atoms with Crippen LogP contribution in [0.3, 0.4) is 0 Å². The Morgan fingerprint density at radius 3 is 2.62 bits per heavy atom. The van der Waals surface area contributed by atoms with E-state index in [9.17, 15) is 59.6 Å². The molecule has 0 aliphatic carbocycles. The van der Waals surface area contributed by atoms with Gasteiger partial charge in [0.1, 0.15) is 49.0 Å². The van der Waals surface area contributed by atoms with Gasteiger partial charge in [0.2, 0.25) is 5.91 Å². The Hall–Kier alpha value is -3.16. The van der Waals surface area contributed by atoms with E-state index in [1.54, 1.807) is 0 Å². The van der Waals surface area contributed by atoms with Crippen LogP contribution in [0.1, 0.15) is 24.8 Å². The molecular weight excluding hydrogens is 721 g/mol. The summed E-state index contributed by atoms with van der Waals surface area (Å²) in [6.45, 7) is -2.61. The number of carbonyl (C=O) groups is 2. The number of carboxylic acid groups (broad SMARTS) is 1. The number of aryl methyl sites for hydroxylation is 1. The van der Waals surface area contributed by atoms with Crippen LogP contribution in [0.25, 0.3) is 0 Å². The van der Waals surface area contributed by atoms with Crippen molar-refractivity contribution in [2.75, 3.05) is 24.8 Å². The van der Waals surface area contributed by atoms with Gasteiger partial charge in [-0.2, -0.15) is 4.98 Å². The number of rotatable bonds is 16. The molecule has 2 aliphatic heterocycles. The van der Waals surface area contributed by atoms with E-state index in [0.717, 1.165) is 15.4 Å². The van der Waals surface area contributed by atoms with E-state index in [0.29, 0.717) is 24.4 Å². The van der Waals surface area contributed by atoms with E-state index in [2.05, 4.69) is 20.6 Å². The summed E-state index contributed by atoms with van der Waals surface area (Å²) in [5.74, 6) is -6.03. The molecule has 2 aromatic heterocycles. The Morgan fingerprint density at radius 2 is 1.98 bits per heavy atom. The third-order valence-corrected chi connectivity index (χ3v) is 9.00. The van der Waals surface area contributed by atoms with Crippen LogP contribution in [0.15, 0.2) is 23.3 Å². The molecule has 4 rings (SSSR count). The van der Waals surface area contributed by atoms with Gasteiger partial charge in [0.15, 0.2) is 6.23 Å². The zero-order valence-corrected chi connectivity index (χ0v) is 27.5. The number of aliphatic hydroxyl groups is 6. The molecule has 2 aromatic rings. The highest BCUT2D eigenvalue weighted by Crippen LogP contribution is 2.51. The fourth-order valence-electron chi connectivity index (χ4n) is 5.24. The molecule has 50 heavy (non-hydrogen) atoms. The van der Waals surface area contributed by atoms with Crippen molar-refractivity contribution in [3.63, 3.8) is 0 Å². The van der Waals surface area contributed by atoms with E-state index >= 15 is 0 Å². The summed E-state index contributed by atoms with van der Waals surface area (Å²) in [5, 5.41) is 82.2. The maximum Gasteiger partial charge on any atom is 0.475 e. The number of anilines is 1. The first kappa shape index (κ1) is 39.6. The second-order valence-corrected chi connectivity index (χ2v) is 13.1. The van der Waals surface area contributed by atoms with Crippen LogP contribution in [-0.4, -0.2) is 151 Å². The van der Waals surface area contributed by atoms with Crippen molar-refractivity contribution in [3.8, 4) is 0 Å². The minimum absolute atomic E-state index is 0.145. The number of carboxylic acids is 1. The summed E-state index contributed by atoms with van der Waals surface area (Å²) < 4.78 is 35.5. The van der Waals surface area contributed by atoms with Crippen LogP contribution in [0.4, 0.5) is 5.82 Å². The number of alkyl halides is 1. The SMILES string of the molecule is Nc1ccn([C@@H]2O[C@H](COP(=O)(O)O[C@@]3(C(=O)O)C[C@H](O)[C@@H](NC(=O)Cn4cc(CCCCl)nn4)[C@H]([C@H](O)[C@H](O)CO)O3)[C@@H](O)[C@H]2O)c(=O)n1. The molecular formula is C25H37ClN7O16P. The third-order valence-electron chi connectivity index (χ3n) is 7.73. The summed E-state index contributed by atoms with van der Waals surface area (Å²) in [5.41, 5.74) is 5.01. The third kappa shape index (κ3) is 9.19. The molecule has 4 heterocycles. The lowest BCUT2D eigenvalue weighted by Crippen LogP contribution is -2.68. The number of nitrogens with two attached hydrogens (primary N) is 1. The van der Waals surface area contributed by atoms with Crippen molar-refractivity contribution in [1.29, 1.82) is 0 Å². The zero-order chi connectivity index (χ0) is 37.0. The Bertz CT molecular complexity index is 1600. The van der Waals surface area contributed by atoms with Crippen LogP contribution in [-0.2, 0) is 45.6 Å². The molecule has 25 heteroatoms. The number of phosphoric ester groups is 1. The number of hydrogen-bond acceptors (Lipinski definition) is 18. The van der Waals surface area contributed by atoms with Crippen molar-refractivity contribution >= 4 is 37.1 Å². The number of aromatic nitrogens is 5. The number of amides is 1. The van der Waals surface area contributed by atoms with Gasteiger partial charge in [0.05, 0.1) is 31.1 Å². The second-order valence-electron chi connectivity index (χ2n) is 11.4. The van der Waals surface area contributed by atoms with Crippen molar-refractivity contribution in [2.24, 2.45) is 0 Å². The number of ether oxygens (including phenoxy) is 2. The second kappa shape index (κ2) is 16.5. The smallest absolute Gasteiger partial charge is 0.475 e. The lowest BCUT2D eigenvalue weighted by Gasteiger charge is -2.46. The lowest BCUT2D eigenvalue weighted by atomic mass is 9.88. The normalized spacial score (nSPS) is 30.8. The van der Waals surface area contributed by atoms with Crippen LogP contribution in [0.2, 0.25) is 0 Å². The molecule has 0 aromatic carbocycles. The first-order chi connectivity index (χ1) is 23.5. The number of hydrogen-bond donors (Lipinski definition) is 10. The molecule has 0 spiro atoms. The number of nitrogen functional groups attached to an aromatic ring is 1. The Labute approximate surface area is 286 Å². The highest BCUT2D eigenvalue weighted by Gasteiger charge is 2.59. The van der Waals surface area contributed by atoms with E-state index in [1.165, 1.54) is 12.3 Å². The molecule has 11 N–H and O–H groups in total. The van der Waals surface area contributed by atoms with Crippen molar-refractivity contribution in [3.05, 3.63) is 34.6 Å². The lowest BCUT2D eigenvalue weighted by molar-refractivity contribution is -0.289. The molecule has 280 valence electrons. The molecule has 0 saturated carbocycles. The molecule has 1 amide bonds. The Balaban J connectivity index is 1.48. The maximum atomic E-state index is 13.0. The number of aliphatic hydroxyl groups excluding tert-OH is 6. The molecule has 2 fully saturated rings. The number of phosphoric acid groups is 1. The molecule has 11 atom stereocenters. The summed E-state index contributed by atoms with van der Waals surface area (Å²) in [6, 6.07) is -0.496. The minimum atomic E-state index is -5.59.